The Morgan fingerprint density at radius 3 is 2.18 bits per heavy atom. The summed E-state index contributed by atoms with van der Waals surface area (Å²) in [5.41, 5.74) is 1.15. The maximum Gasteiger partial charge on any atom is 0.295 e. The highest BCUT2D eigenvalue weighted by molar-refractivity contribution is 6.46. The van der Waals surface area contributed by atoms with Crippen LogP contribution in [0.3, 0.4) is 0 Å². The fourth-order valence-corrected chi connectivity index (χ4v) is 3.50. The molecule has 1 amide bonds. The molecule has 1 fully saturated rings. The lowest BCUT2D eigenvalue weighted by atomic mass is 9.95. The zero-order valence-electron chi connectivity index (χ0n) is 15.2. The number of carbonyl (C=O) groups is 2. The first-order chi connectivity index (χ1) is 13.4. The van der Waals surface area contributed by atoms with Crippen LogP contribution < -0.4 is 0 Å². The van der Waals surface area contributed by atoms with Crippen LogP contribution in [0.1, 0.15) is 23.6 Å². The highest BCUT2D eigenvalue weighted by atomic mass is 35.5. The summed E-state index contributed by atoms with van der Waals surface area (Å²) in [6, 6.07) is 12.6. The number of ether oxygens (including phenoxy) is 1. The van der Waals surface area contributed by atoms with Crippen molar-refractivity contribution in [3.63, 3.8) is 0 Å². The first kappa shape index (κ1) is 20.4. The Kier molecular flexibility index (Phi) is 6.39. The van der Waals surface area contributed by atoms with Crippen LogP contribution in [-0.2, 0) is 14.3 Å². The quantitative estimate of drug-likeness (QED) is 0.325. The number of likely N-dealkylation sites (tertiary alicyclic amines) is 1. The zero-order chi connectivity index (χ0) is 20.3. The summed E-state index contributed by atoms with van der Waals surface area (Å²) in [6.45, 7) is 0.774. The number of Topliss-reactive ketones (excluding diaryl/α,β-unsaturated/α-hetero) is 1. The number of hydrogen-bond acceptors (Lipinski definition) is 4. The molecule has 146 valence electrons. The minimum Gasteiger partial charge on any atom is -0.507 e. The number of benzene rings is 2. The molecule has 7 heteroatoms. The topological polar surface area (TPSA) is 66.8 Å². The molecule has 0 unspecified atom stereocenters. The van der Waals surface area contributed by atoms with Crippen molar-refractivity contribution in [3.05, 3.63) is 75.3 Å². The Hall–Kier alpha value is -2.34. The Balaban J connectivity index is 2.10. The van der Waals surface area contributed by atoms with E-state index in [0.717, 1.165) is 0 Å². The van der Waals surface area contributed by atoms with Gasteiger partial charge in [-0.1, -0.05) is 35.3 Å². The monoisotopic (exact) mass is 419 g/mol. The standard InChI is InChI=1S/C21H19Cl2NO4/c1-28-12-2-11-24-18(13-3-7-15(22)8-4-13)17(20(26)21(24)27)19(25)14-5-9-16(23)10-6-14/h3-10,18,25H,2,11-12H2,1H3/t18-/m0/s1. The number of aliphatic hydroxyl groups excluding tert-OH is 1. The van der Waals surface area contributed by atoms with Gasteiger partial charge in [0, 0.05) is 35.9 Å². The van der Waals surface area contributed by atoms with Crippen LogP contribution in [0.15, 0.2) is 54.1 Å². The molecule has 1 saturated heterocycles. The van der Waals surface area contributed by atoms with Gasteiger partial charge in [-0.05, 0) is 48.4 Å². The van der Waals surface area contributed by atoms with E-state index in [1.807, 2.05) is 0 Å². The van der Waals surface area contributed by atoms with Crippen LogP contribution >= 0.6 is 23.2 Å². The lowest BCUT2D eigenvalue weighted by Gasteiger charge is -2.25. The van der Waals surface area contributed by atoms with Gasteiger partial charge in [-0.25, -0.2) is 0 Å². The fourth-order valence-electron chi connectivity index (χ4n) is 3.24. The summed E-state index contributed by atoms with van der Waals surface area (Å²) >= 11 is 11.9. The third-order valence-corrected chi connectivity index (χ3v) is 5.09. The molecule has 1 aliphatic rings. The number of carbonyl (C=O) groups excluding carboxylic acids is 2. The molecule has 1 heterocycles. The van der Waals surface area contributed by atoms with Crippen molar-refractivity contribution in [1.29, 1.82) is 0 Å². The van der Waals surface area contributed by atoms with E-state index in [1.54, 1.807) is 55.6 Å². The van der Waals surface area contributed by atoms with Gasteiger partial charge in [0.05, 0.1) is 11.6 Å². The van der Waals surface area contributed by atoms with Crippen molar-refractivity contribution in [1.82, 2.24) is 4.90 Å². The van der Waals surface area contributed by atoms with Crippen molar-refractivity contribution >= 4 is 40.7 Å². The molecule has 2 aromatic rings. The van der Waals surface area contributed by atoms with Gasteiger partial charge < -0.3 is 14.7 Å². The predicted molar refractivity (Wildman–Crippen MR) is 108 cm³/mol. The molecule has 0 aromatic heterocycles. The average molecular weight is 420 g/mol. The van der Waals surface area contributed by atoms with Crippen LogP contribution in [0.5, 0.6) is 0 Å². The molecule has 0 bridgehead atoms. The van der Waals surface area contributed by atoms with Crippen LogP contribution in [0.25, 0.3) is 5.76 Å². The van der Waals surface area contributed by atoms with Crippen molar-refractivity contribution in [2.45, 2.75) is 12.5 Å². The average Bonchev–Trinajstić information content (AvgIpc) is 2.94. The zero-order valence-corrected chi connectivity index (χ0v) is 16.7. The van der Waals surface area contributed by atoms with E-state index in [2.05, 4.69) is 0 Å². The highest BCUT2D eigenvalue weighted by Gasteiger charge is 2.45. The van der Waals surface area contributed by atoms with Gasteiger partial charge >= 0.3 is 0 Å². The summed E-state index contributed by atoms with van der Waals surface area (Å²) in [4.78, 5) is 26.9. The summed E-state index contributed by atoms with van der Waals surface area (Å²) in [5, 5.41) is 11.9. The first-order valence-electron chi connectivity index (χ1n) is 8.72. The number of hydrogen-bond donors (Lipinski definition) is 1. The number of aliphatic hydroxyl groups is 1. The first-order valence-corrected chi connectivity index (χ1v) is 9.48. The van der Waals surface area contributed by atoms with E-state index in [-0.39, 0.29) is 11.3 Å². The van der Waals surface area contributed by atoms with Crippen molar-refractivity contribution in [2.24, 2.45) is 0 Å². The molecule has 0 spiro atoms. The van der Waals surface area contributed by atoms with Crippen molar-refractivity contribution in [3.8, 4) is 0 Å². The van der Waals surface area contributed by atoms with Crippen LogP contribution in [0.2, 0.25) is 10.0 Å². The Morgan fingerprint density at radius 1 is 1.04 bits per heavy atom. The Labute approximate surface area is 173 Å². The number of rotatable bonds is 6. The molecule has 1 N–H and O–H groups in total. The van der Waals surface area contributed by atoms with Crippen LogP contribution in [0.4, 0.5) is 0 Å². The van der Waals surface area contributed by atoms with Gasteiger partial charge in [-0.3, -0.25) is 9.59 Å². The summed E-state index contributed by atoms with van der Waals surface area (Å²) in [5.74, 6) is -1.60. The molecule has 3 rings (SSSR count). The maximum atomic E-state index is 12.8. The molecular formula is C21H19Cl2NO4. The number of methoxy groups -OCH3 is 1. The number of nitrogens with zero attached hydrogens (tertiary/aromatic N) is 1. The molecule has 28 heavy (non-hydrogen) atoms. The van der Waals surface area contributed by atoms with Gasteiger partial charge in [0.1, 0.15) is 5.76 Å². The second-order valence-electron chi connectivity index (χ2n) is 6.40. The minimum absolute atomic E-state index is 0.0482. The van der Waals surface area contributed by atoms with E-state index >= 15 is 0 Å². The van der Waals surface area contributed by atoms with E-state index in [4.69, 9.17) is 27.9 Å². The van der Waals surface area contributed by atoms with Gasteiger partial charge in [0.25, 0.3) is 11.7 Å². The Morgan fingerprint density at radius 2 is 1.61 bits per heavy atom. The van der Waals surface area contributed by atoms with Crippen LogP contribution in [0, 0.1) is 0 Å². The second-order valence-corrected chi connectivity index (χ2v) is 7.27. The van der Waals surface area contributed by atoms with Gasteiger partial charge in [-0.15, -0.1) is 0 Å². The SMILES string of the molecule is COCCCN1C(=O)C(=O)C(=C(O)c2ccc(Cl)cc2)[C@@H]1c1ccc(Cl)cc1. The minimum atomic E-state index is -0.718. The normalized spacial score (nSPS) is 18.7. The lowest BCUT2D eigenvalue weighted by Crippen LogP contribution is -2.31. The summed E-state index contributed by atoms with van der Waals surface area (Å²) in [7, 11) is 1.57. The van der Waals surface area contributed by atoms with Gasteiger partial charge in [-0.2, -0.15) is 0 Å². The Bertz CT molecular complexity index is 907. The van der Waals surface area contributed by atoms with Crippen LogP contribution in [-0.4, -0.2) is 42.0 Å². The molecular weight excluding hydrogens is 401 g/mol. The smallest absolute Gasteiger partial charge is 0.295 e. The summed E-state index contributed by atoms with van der Waals surface area (Å²) in [6.07, 6.45) is 0.564. The lowest BCUT2D eigenvalue weighted by molar-refractivity contribution is -0.140. The third-order valence-electron chi connectivity index (χ3n) is 4.59. The third kappa shape index (κ3) is 4.07. The largest absolute Gasteiger partial charge is 0.507 e. The molecule has 0 aliphatic carbocycles. The molecule has 0 radical (unpaired) electrons. The van der Waals surface area contributed by atoms with E-state index < -0.39 is 17.7 Å². The number of halogens is 2. The second kappa shape index (κ2) is 8.78. The van der Waals surface area contributed by atoms with Gasteiger partial charge in [0.2, 0.25) is 0 Å². The number of amides is 1. The molecule has 1 atom stereocenters. The van der Waals surface area contributed by atoms with E-state index in [9.17, 15) is 14.7 Å². The molecule has 2 aromatic carbocycles. The fraction of sp³-hybridized carbons (Fsp3) is 0.238. The van der Waals surface area contributed by atoms with Crippen molar-refractivity contribution < 1.29 is 19.4 Å². The van der Waals surface area contributed by atoms with E-state index in [1.165, 1.54) is 4.90 Å². The predicted octanol–water partition coefficient (Wildman–Crippen LogP) is 4.45. The van der Waals surface area contributed by atoms with Gasteiger partial charge in [0.15, 0.2) is 0 Å². The highest BCUT2D eigenvalue weighted by Crippen LogP contribution is 2.39. The van der Waals surface area contributed by atoms with Crippen molar-refractivity contribution in [2.75, 3.05) is 20.3 Å². The molecule has 5 nitrogen and oxygen atoms in total. The summed E-state index contributed by atoms with van der Waals surface area (Å²) < 4.78 is 5.06. The maximum absolute atomic E-state index is 12.8. The number of ketones is 1. The molecule has 0 saturated carbocycles. The van der Waals surface area contributed by atoms with E-state index in [0.29, 0.717) is 40.7 Å². The molecule has 1 aliphatic heterocycles.